The molecule has 3 nitrogen and oxygen atoms in total. The smallest absolute Gasteiger partial charge is 0.348 e. The molecule has 5 heteroatoms. The minimum Gasteiger partial charge on any atom is -0.386 e. The topological polar surface area (TPSA) is 43.4 Å². The lowest BCUT2D eigenvalue weighted by atomic mass is 10.2. The maximum absolute atomic E-state index is 10.9. The van der Waals surface area contributed by atoms with Gasteiger partial charge >= 0.3 is 11.9 Å². The number of esters is 2. The van der Waals surface area contributed by atoms with Crippen molar-refractivity contribution in [2.75, 3.05) is 0 Å². The molecule has 0 aliphatic carbocycles. The molecule has 0 atom stereocenters. The van der Waals surface area contributed by atoms with E-state index in [2.05, 4.69) is 4.74 Å². The molecule has 2 heterocycles. The van der Waals surface area contributed by atoms with E-state index in [0.717, 1.165) is 2.88 Å². The fraction of sp³-hybridized carbons (Fsp3) is 0. The van der Waals surface area contributed by atoms with E-state index in [1.165, 1.54) is 11.3 Å². The Kier molecular flexibility index (Phi) is 1.50. The van der Waals surface area contributed by atoms with Crippen LogP contribution in [0.3, 0.4) is 0 Å². The van der Waals surface area contributed by atoms with Crippen LogP contribution < -0.4 is 0 Å². The number of carbonyl (C=O) groups excluding carboxylic acids is 2. The van der Waals surface area contributed by atoms with E-state index in [-0.39, 0.29) is 0 Å². The van der Waals surface area contributed by atoms with Crippen molar-refractivity contribution in [2.45, 2.75) is 0 Å². The average molecular weight is 280 g/mol. The second kappa shape index (κ2) is 2.28. The molecule has 0 saturated carbocycles. The fourth-order valence-electron chi connectivity index (χ4n) is 0.865. The van der Waals surface area contributed by atoms with Crippen LogP contribution in [0, 0.1) is 2.88 Å². The lowest BCUT2D eigenvalue weighted by molar-refractivity contribution is 0.0443. The number of ether oxygens (including phenoxy) is 1. The van der Waals surface area contributed by atoms with Gasteiger partial charge in [0.25, 0.3) is 0 Å². The van der Waals surface area contributed by atoms with Gasteiger partial charge in [-0.15, -0.1) is 11.3 Å². The van der Waals surface area contributed by atoms with E-state index in [0.29, 0.717) is 11.1 Å². The molecular weight excluding hydrogens is 279 g/mol. The van der Waals surface area contributed by atoms with Crippen molar-refractivity contribution in [3.8, 4) is 0 Å². The molecule has 1 aliphatic heterocycles. The summed E-state index contributed by atoms with van der Waals surface area (Å²) in [5, 5.41) is 1.64. The van der Waals surface area contributed by atoms with Gasteiger partial charge in [0.2, 0.25) is 0 Å². The van der Waals surface area contributed by atoms with Crippen LogP contribution in [-0.2, 0) is 4.74 Å². The Hall–Kier alpha value is -0.430. The molecule has 0 amide bonds. The summed E-state index contributed by atoms with van der Waals surface area (Å²) in [4.78, 5) is 21.8. The molecule has 0 bridgehead atoms. The van der Waals surface area contributed by atoms with Gasteiger partial charge in [-0.05, 0) is 22.6 Å². The third-order valence-electron chi connectivity index (χ3n) is 1.36. The molecular formula is C6HIO3S. The third kappa shape index (κ3) is 0.908. The molecule has 1 aromatic rings. The number of hydrogen-bond acceptors (Lipinski definition) is 4. The summed E-state index contributed by atoms with van der Waals surface area (Å²) in [6.45, 7) is 0. The highest BCUT2D eigenvalue weighted by Crippen LogP contribution is 2.29. The Morgan fingerprint density at radius 2 is 2.09 bits per heavy atom. The quantitative estimate of drug-likeness (QED) is 0.412. The Morgan fingerprint density at radius 3 is 2.73 bits per heavy atom. The molecule has 56 valence electrons. The normalized spacial score (nSPS) is 15.0. The second-order valence-electron chi connectivity index (χ2n) is 1.98. The summed E-state index contributed by atoms with van der Waals surface area (Å²) >= 11 is 3.39. The first-order valence-electron chi connectivity index (χ1n) is 2.73. The van der Waals surface area contributed by atoms with Crippen LogP contribution in [0.1, 0.15) is 20.7 Å². The van der Waals surface area contributed by atoms with Gasteiger partial charge in [0.15, 0.2) is 0 Å². The van der Waals surface area contributed by atoms with E-state index < -0.39 is 11.9 Å². The first-order chi connectivity index (χ1) is 5.20. The minimum atomic E-state index is -0.524. The van der Waals surface area contributed by atoms with Crippen LogP contribution in [0.2, 0.25) is 0 Å². The van der Waals surface area contributed by atoms with Crippen LogP contribution in [-0.4, -0.2) is 11.9 Å². The third-order valence-corrected chi connectivity index (χ3v) is 3.42. The van der Waals surface area contributed by atoms with E-state index in [1.807, 2.05) is 22.6 Å². The standard InChI is InChI=1S/C6HIO3S/c7-4-3-2(1-11-4)5(8)10-6(3)9/h1H. The predicted octanol–water partition coefficient (Wildman–Crippen LogP) is 1.66. The molecule has 0 spiro atoms. The fourth-order valence-corrected chi connectivity index (χ4v) is 2.50. The van der Waals surface area contributed by atoms with Crippen LogP contribution >= 0.6 is 33.9 Å². The second-order valence-corrected chi connectivity index (χ2v) is 4.67. The Morgan fingerprint density at radius 1 is 1.36 bits per heavy atom. The van der Waals surface area contributed by atoms with Gasteiger partial charge in [-0.25, -0.2) is 9.59 Å². The molecule has 0 fully saturated rings. The molecule has 11 heavy (non-hydrogen) atoms. The van der Waals surface area contributed by atoms with Crippen molar-refractivity contribution >= 4 is 45.9 Å². The molecule has 0 saturated heterocycles. The highest BCUT2D eigenvalue weighted by molar-refractivity contribution is 14.1. The molecule has 1 aliphatic rings. The lowest BCUT2D eigenvalue weighted by Gasteiger charge is -1.85. The zero-order chi connectivity index (χ0) is 8.01. The molecule has 0 radical (unpaired) electrons. The maximum Gasteiger partial charge on any atom is 0.348 e. The summed E-state index contributed by atoms with van der Waals surface area (Å²) < 4.78 is 5.19. The summed E-state index contributed by atoms with van der Waals surface area (Å²) in [5.74, 6) is -1.04. The van der Waals surface area contributed by atoms with Gasteiger partial charge in [-0.1, -0.05) is 0 Å². The number of cyclic esters (lactones) is 2. The van der Waals surface area contributed by atoms with Gasteiger partial charge in [0, 0.05) is 5.38 Å². The number of fused-ring (bicyclic) bond motifs is 1. The van der Waals surface area contributed by atoms with E-state index in [1.54, 1.807) is 5.38 Å². The van der Waals surface area contributed by atoms with Gasteiger partial charge < -0.3 is 4.74 Å². The molecule has 1 aromatic heterocycles. The predicted molar refractivity (Wildman–Crippen MR) is 46.8 cm³/mol. The summed E-state index contributed by atoms with van der Waals surface area (Å²) in [6.07, 6.45) is 0. The highest BCUT2D eigenvalue weighted by atomic mass is 127. The summed E-state index contributed by atoms with van der Waals surface area (Å²) in [7, 11) is 0. The van der Waals surface area contributed by atoms with E-state index in [9.17, 15) is 9.59 Å². The largest absolute Gasteiger partial charge is 0.386 e. The first kappa shape index (κ1) is 7.23. The van der Waals surface area contributed by atoms with Crippen LogP contribution in [0.15, 0.2) is 5.38 Å². The van der Waals surface area contributed by atoms with Gasteiger partial charge in [-0.2, -0.15) is 0 Å². The zero-order valence-corrected chi connectivity index (χ0v) is 8.06. The molecule has 0 N–H and O–H groups in total. The van der Waals surface area contributed by atoms with Gasteiger partial charge in [0.1, 0.15) is 0 Å². The van der Waals surface area contributed by atoms with Gasteiger partial charge in [0.05, 0.1) is 14.0 Å². The Labute approximate surface area is 79.5 Å². The van der Waals surface area contributed by atoms with E-state index in [4.69, 9.17) is 0 Å². The summed E-state index contributed by atoms with van der Waals surface area (Å²) in [5.41, 5.74) is 0.838. The van der Waals surface area contributed by atoms with Crippen molar-refractivity contribution < 1.29 is 14.3 Å². The number of carbonyl (C=O) groups is 2. The van der Waals surface area contributed by atoms with Crippen molar-refractivity contribution in [3.05, 3.63) is 19.4 Å². The van der Waals surface area contributed by atoms with Crippen molar-refractivity contribution in [1.82, 2.24) is 0 Å². The lowest BCUT2D eigenvalue weighted by Crippen LogP contribution is -1.98. The van der Waals surface area contributed by atoms with E-state index >= 15 is 0 Å². The van der Waals surface area contributed by atoms with Crippen LogP contribution in [0.5, 0.6) is 0 Å². The molecule has 0 aromatic carbocycles. The molecule has 2 rings (SSSR count). The van der Waals surface area contributed by atoms with Crippen molar-refractivity contribution in [1.29, 1.82) is 0 Å². The maximum atomic E-state index is 10.9. The number of thiophene rings is 1. The average Bonchev–Trinajstić information content (AvgIpc) is 2.41. The minimum absolute atomic E-state index is 0.407. The van der Waals surface area contributed by atoms with Crippen molar-refractivity contribution in [2.24, 2.45) is 0 Å². The number of hydrogen-bond donors (Lipinski definition) is 0. The SMILES string of the molecule is O=C1OC(=O)c2c1csc2I. The monoisotopic (exact) mass is 280 g/mol. The van der Waals surface area contributed by atoms with Gasteiger partial charge in [-0.3, -0.25) is 0 Å². The first-order valence-corrected chi connectivity index (χ1v) is 4.69. The number of halogens is 1. The highest BCUT2D eigenvalue weighted by Gasteiger charge is 2.33. The summed E-state index contributed by atoms with van der Waals surface area (Å²) in [6, 6.07) is 0. The molecule has 0 unspecified atom stereocenters. The Balaban J connectivity index is 2.72. The van der Waals surface area contributed by atoms with Crippen LogP contribution in [0.25, 0.3) is 0 Å². The van der Waals surface area contributed by atoms with Crippen LogP contribution in [0.4, 0.5) is 0 Å². The Bertz CT molecular complexity index is 355. The van der Waals surface area contributed by atoms with Crippen molar-refractivity contribution in [3.63, 3.8) is 0 Å². The number of rotatable bonds is 0. The zero-order valence-electron chi connectivity index (χ0n) is 5.09.